The molecule has 1 aliphatic rings. The van der Waals surface area contributed by atoms with Crippen LogP contribution in [0.1, 0.15) is 50.2 Å². The summed E-state index contributed by atoms with van der Waals surface area (Å²) in [4.78, 5) is 18.4. The van der Waals surface area contributed by atoms with Crippen LogP contribution in [-0.2, 0) is 17.4 Å². The van der Waals surface area contributed by atoms with Crippen molar-refractivity contribution in [1.29, 1.82) is 0 Å². The zero-order chi connectivity index (χ0) is 20.3. The molecule has 1 fully saturated rings. The van der Waals surface area contributed by atoms with Gasteiger partial charge in [-0.2, -0.15) is 4.98 Å². The molecule has 1 amide bonds. The lowest BCUT2D eigenvalue weighted by atomic mass is 9.89. The van der Waals surface area contributed by atoms with Crippen LogP contribution in [0.3, 0.4) is 0 Å². The molecule has 29 heavy (non-hydrogen) atoms. The van der Waals surface area contributed by atoms with Crippen LogP contribution in [0.5, 0.6) is 0 Å². The second-order valence-corrected chi connectivity index (χ2v) is 9.20. The fraction of sp³-hybridized carbons (Fsp3) is 0.526. The van der Waals surface area contributed by atoms with Crippen molar-refractivity contribution in [3.63, 3.8) is 0 Å². The molecule has 0 bridgehead atoms. The standard InChI is InChI=1S/C19H24N6O2S2/c1-13-20-17(24-27-13)19(9-5-3-4-6-10-19)21-15(26)12-29-18-23-22-16(25(18)2)14-8-7-11-28-14/h7-8,11H,3-6,9-10,12H2,1-2H3,(H,21,26). The summed E-state index contributed by atoms with van der Waals surface area (Å²) in [5.74, 6) is 2.13. The molecule has 3 heterocycles. The van der Waals surface area contributed by atoms with Gasteiger partial charge in [0.25, 0.3) is 0 Å². The van der Waals surface area contributed by atoms with Crippen molar-refractivity contribution in [3.8, 4) is 10.7 Å². The summed E-state index contributed by atoms with van der Waals surface area (Å²) in [5.41, 5.74) is -0.548. The van der Waals surface area contributed by atoms with Crippen molar-refractivity contribution in [3.05, 3.63) is 29.2 Å². The molecule has 1 aliphatic carbocycles. The largest absolute Gasteiger partial charge is 0.342 e. The molecule has 3 aromatic heterocycles. The molecule has 0 radical (unpaired) electrons. The van der Waals surface area contributed by atoms with Crippen molar-refractivity contribution in [2.24, 2.45) is 7.05 Å². The Morgan fingerprint density at radius 1 is 1.31 bits per heavy atom. The summed E-state index contributed by atoms with van der Waals surface area (Å²) in [7, 11) is 1.92. The van der Waals surface area contributed by atoms with Gasteiger partial charge in [-0.1, -0.05) is 48.7 Å². The van der Waals surface area contributed by atoms with Gasteiger partial charge in [0, 0.05) is 14.0 Å². The zero-order valence-corrected chi connectivity index (χ0v) is 18.2. The number of amides is 1. The third kappa shape index (κ3) is 4.37. The van der Waals surface area contributed by atoms with E-state index in [-0.39, 0.29) is 11.7 Å². The van der Waals surface area contributed by atoms with Gasteiger partial charge >= 0.3 is 0 Å². The third-order valence-electron chi connectivity index (χ3n) is 5.20. The van der Waals surface area contributed by atoms with E-state index in [9.17, 15) is 4.79 Å². The van der Waals surface area contributed by atoms with Crippen molar-refractivity contribution < 1.29 is 9.32 Å². The summed E-state index contributed by atoms with van der Waals surface area (Å²) in [6, 6.07) is 4.00. The summed E-state index contributed by atoms with van der Waals surface area (Å²) in [6.07, 6.45) is 6.05. The lowest BCUT2D eigenvalue weighted by molar-refractivity contribution is -0.120. The Kier molecular flexibility index (Phi) is 6.00. The summed E-state index contributed by atoms with van der Waals surface area (Å²) in [6.45, 7) is 1.78. The third-order valence-corrected chi connectivity index (χ3v) is 7.09. The van der Waals surface area contributed by atoms with Gasteiger partial charge in [0.2, 0.25) is 11.8 Å². The van der Waals surface area contributed by atoms with Crippen molar-refractivity contribution in [1.82, 2.24) is 30.2 Å². The SMILES string of the molecule is Cc1nc(C2(NC(=O)CSc3nnc(-c4cccs4)n3C)CCCCCC2)no1. The first-order valence-corrected chi connectivity index (χ1v) is 11.6. The molecule has 0 aromatic carbocycles. The molecule has 8 nitrogen and oxygen atoms in total. The molecule has 0 aliphatic heterocycles. The minimum absolute atomic E-state index is 0.0555. The monoisotopic (exact) mass is 432 g/mol. The minimum Gasteiger partial charge on any atom is -0.342 e. The molecule has 0 saturated heterocycles. The molecule has 10 heteroatoms. The van der Waals surface area contributed by atoms with E-state index in [0.717, 1.165) is 49.2 Å². The lowest BCUT2D eigenvalue weighted by Gasteiger charge is -2.30. The first-order valence-electron chi connectivity index (χ1n) is 9.75. The van der Waals surface area contributed by atoms with Crippen molar-refractivity contribution in [2.45, 2.75) is 56.1 Å². The predicted molar refractivity (Wildman–Crippen MR) is 112 cm³/mol. The highest BCUT2D eigenvalue weighted by Crippen LogP contribution is 2.35. The Bertz CT molecular complexity index is 957. The van der Waals surface area contributed by atoms with E-state index in [0.29, 0.717) is 16.9 Å². The van der Waals surface area contributed by atoms with E-state index >= 15 is 0 Å². The molecule has 0 spiro atoms. The number of rotatable bonds is 6. The molecule has 1 N–H and O–H groups in total. The normalized spacial score (nSPS) is 16.5. The summed E-state index contributed by atoms with van der Waals surface area (Å²) >= 11 is 3.00. The highest BCUT2D eigenvalue weighted by atomic mass is 32.2. The number of carbonyl (C=O) groups excluding carboxylic acids is 1. The number of hydrogen-bond donors (Lipinski definition) is 1. The number of hydrogen-bond acceptors (Lipinski definition) is 8. The van der Waals surface area contributed by atoms with E-state index in [1.807, 2.05) is 29.1 Å². The van der Waals surface area contributed by atoms with E-state index in [1.54, 1.807) is 18.3 Å². The molecular formula is C19H24N6O2S2. The van der Waals surface area contributed by atoms with Crippen LogP contribution in [0.25, 0.3) is 10.7 Å². The van der Waals surface area contributed by atoms with Crippen molar-refractivity contribution in [2.75, 3.05) is 5.75 Å². The average Bonchev–Trinajstić information content (AvgIpc) is 3.41. The topological polar surface area (TPSA) is 98.7 Å². The Morgan fingerprint density at radius 2 is 2.10 bits per heavy atom. The van der Waals surface area contributed by atoms with Crippen LogP contribution in [0.4, 0.5) is 0 Å². The molecule has 1 saturated carbocycles. The molecular weight excluding hydrogens is 408 g/mol. The van der Waals surface area contributed by atoms with Crippen LogP contribution in [0, 0.1) is 6.92 Å². The minimum atomic E-state index is -0.548. The number of aryl methyl sites for hydroxylation is 1. The smallest absolute Gasteiger partial charge is 0.231 e. The number of thiophene rings is 1. The second kappa shape index (κ2) is 8.66. The first-order chi connectivity index (χ1) is 14.1. The van der Waals surface area contributed by atoms with Gasteiger partial charge in [-0.25, -0.2) is 0 Å². The van der Waals surface area contributed by atoms with Crippen LogP contribution in [0.2, 0.25) is 0 Å². The Balaban J connectivity index is 1.45. The maximum absolute atomic E-state index is 12.9. The number of carbonyl (C=O) groups is 1. The number of nitrogens with one attached hydrogen (secondary N) is 1. The summed E-state index contributed by atoms with van der Waals surface area (Å²) < 4.78 is 7.13. The van der Waals surface area contributed by atoms with Crippen LogP contribution in [0.15, 0.2) is 27.2 Å². The van der Waals surface area contributed by atoms with Crippen LogP contribution in [-0.4, -0.2) is 36.6 Å². The maximum Gasteiger partial charge on any atom is 0.231 e. The number of thioether (sulfide) groups is 1. The van der Waals surface area contributed by atoms with E-state index in [1.165, 1.54) is 11.8 Å². The van der Waals surface area contributed by atoms with Gasteiger partial charge < -0.3 is 14.4 Å². The van der Waals surface area contributed by atoms with Gasteiger partial charge in [-0.15, -0.1) is 21.5 Å². The van der Waals surface area contributed by atoms with E-state index in [2.05, 4.69) is 25.7 Å². The Morgan fingerprint density at radius 3 is 2.76 bits per heavy atom. The fourth-order valence-corrected chi connectivity index (χ4v) is 5.18. The quantitative estimate of drug-likeness (QED) is 0.468. The number of nitrogens with zero attached hydrogens (tertiary/aromatic N) is 5. The van der Waals surface area contributed by atoms with Crippen LogP contribution < -0.4 is 5.32 Å². The maximum atomic E-state index is 12.9. The van der Waals surface area contributed by atoms with Gasteiger partial charge in [0.1, 0.15) is 5.54 Å². The Labute approximate surface area is 177 Å². The number of aromatic nitrogens is 5. The highest BCUT2D eigenvalue weighted by Gasteiger charge is 2.38. The summed E-state index contributed by atoms with van der Waals surface area (Å²) in [5, 5.41) is 18.6. The van der Waals surface area contributed by atoms with Gasteiger partial charge in [-0.05, 0) is 24.3 Å². The molecule has 154 valence electrons. The zero-order valence-electron chi connectivity index (χ0n) is 16.6. The highest BCUT2D eigenvalue weighted by molar-refractivity contribution is 7.99. The molecule has 0 atom stereocenters. The van der Waals surface area contributed by atoms with E-state index in [4.69, 9.17) is 4.52 Å². The lowest BCUT2D eigenvalue weighted by Crippen LogP contribution is -2.47. The van der Waals surface area contributed by atoms with Gasteiger partial charge in [0.15, 0.2) is 16.8 Å². The molecule has 4 rings (SSSR count). The molecule has 3 aromatic rings. The van der Waals surface area contributed by atoms with Crippen LogP contribution >= 0.6 is 23.1 Å². The van der Waals surface area contributed by atoms with E-state index < -0.39 is 5.54 Å². The first kappa shape index (κ1) is 20.1. The van der Waals surface area contributed by atoms with Gasteiger partial charge in [0.05, 0.1) is 10.6 Å². The van der Waals surface area contributed by atoms with Gasteiger partial charge in [-0.3, -0.25) is 4.79 Å². The predicted octanol–water partition coefficient (Wildman–Crippen LogP) is 3.69. The molecule has 0 unspecified atom stereocenters. The van der Waals surface area contributed by atoms with Crippen molar-refractivity contribution >= 4 is 29.0 Å². The average molecular weight is 433 g/mol. The Hall–Kier alpha value is -2.20. The second-order valence-electron chi connectivity index (χ2n) is 7.31. The fourth-order valence-electron chi connectivity index (χ4n) is 3.72.